The maximum atomic E-state index is 13.7. The molecule has 164 valence electrons. The second kappa shape index (κ2) is 7.60. The number of pyridine rings is 1. The van der Waals surface area contributed by atoms with Gasteiger partial charge in [-0.2, -0.15) is 0 Å². The molecule has 1 atom stereocenters. The Morgan fingerprint density at radius 1 is 1.19 bits per heavy atom. The van der Waals surface area contributed by atoms with Crippen LogP contribution in [0.5, 0.6) is 5.75 Å². The first kappa shape index (κ1) is 21.0. The van der Waals surface area contributed by atoms with E-state index in [0.29, 0.717) is 38.4 Å². The van der Waals surface area contributed by atoms with Gasteiger partial charge >= 0.3 is 0 Å². The summed E-state index contributed by atoms with van der Waals surface area (Å²) in [7, 11) is 1.58. The number of methoxy groups -OCH3 is 1. The van der Waals surface area contributed by atoms with E-state index in [1.807, 2.05) is 52.4 Å². The van der Waals surface area contributed by atoms with Crippen molar-refractivity contribution >= 4 is 44.8 Å². The van der Waals surface area contributed by atoms with Crippen LogP contribution < -0.4 is 9.64 Å². The summed E-state index contributed by atoms with van der Waals surface area (Å²) in [6, 6.07) is 9.05. The first-order valence-corrected chi connectivity index (χ1v) is 11.2. The number of aryl methyl sites for hydroxylation is 1. The Balaban J connectivity index is 1.78. The molecule has 1 amide bonds. The number of rotatable bonds is 4. The molecule has 5 rings (SSSR count). The average Bonchev–Trinajstić information content (AvgIpc) is 3.39. The first-order chi connectivity index (χ1) is 15.3. The van der Waals surface area contributed by atoms with Gasteiger partial charge in [-0.3, -0.25) is 14.1 Å². The van der Waals surface area contributed by atoms with Gasteiger partial charge in [0.15, 0.2) is 16.2 Å². The van der Waals surface area contributed by atoms with Crippen molar-refractivity contribution in [3.05, 3.63) is 69.1 Å². The molecule has 32 heavy (non-hydrogen) atoms. The van der Waals surface area contributed by atoms with Gasteiger partial charge in [0.1, 0.15) is 11.9 Å². The predicted molar refractivity (Wildman–Crippen MR) is 125 cm³/mol. The van der Waals surface area contributed by atoms with E-state index in [1.54, 1.807) is 12.0 Å². The normalized spacial score (nSPS) is 15.8. The van der Waals surface area contributed by atoms with Crippen LogP contribution in [0.3, 0.4) is 0 Å². The fourth-order valence-corrected chi connectivity index (χ4v) is 5.14. The minimum absolute atomic E-state index is 0.0975. The van der Waals surface area contributed by atoms with Crippen LogP contribution in [0.25, 0.3) is 5.65 Å². The van der Waals surface area contributed by atoms with Gasteiger partial charge in [0.05, 0.1) is 18.5 Å². The fourth-order valence-electron chi connectivity index (χ4n) is 4.24. The van der Waals surface area contributed by atoms with E-state index in [-0.39, 0.29) is 11.9 Å². The summed E-state index contributed by atoms with van der Waals surface area (Å²) in [6.45, 7) is 5.98. The average molecular weight is 516 g/mol. The number of hydrogen-bond donors (Lipinski definition) is 0. The lowest BCUT2D eigenvalue weighted by Crippen LogP contribution is -2.30. The fraction of sp³-hybridized carbons (Fsp3) is 0.273. The van der Waals surface area contributed by atoms with Gasteiger partial charge in [-0.15, -0.1) is 10.2 Å². The minimum Gasteiger partial charge on any atom is -0.493 e. The summed E-state index contributed by atoms with van der Waals surface area (Å²) in [6.07, 6.45) is 1.86. The molecule has 4 heterocycles. The standard InChI is InChI=1S/C22H20BrClN6O2/c1-11(2)29-19-17(25-22(29)23)21(31)30(18(19)13-5-7-14(24)8-6-13)15-9-16(32-4)20-27-26-12(3)28(20)10-15/h5-11,18H,1-4H3. The smallest absolute Gasteiger partial charge is 0.279 e. The Morgan fingerprint density at radius 3 is 2.56 bits per heavy atom. The Morgan fingerprint density at radius 2 is 1.91 bits per heavy atom. The molecule has 4 aromatic rings. The molecular weight excluding hydrogens is 496 g/mol. The van der Waals surface area contributed by atoms with Crippen LogP contribution in [-0.4, -0.2) is 37.2 Å². The number of ether oxygens (including phenoxy) is 1. The van der Waals surface area contributed by atoms with Crippen LogP contribution in [0.2, 0.25) is 5.02 Å². The Kier molecular flexibility index (Phi) is 4.98. The summed E-state index contributed by atoms with van der Waals surface area (Å²) in [5.41, 5.74) is 3.43. The highest BCUT2D eigenvalue weighted by Gasteiger charge is 2.44. The largest absolute Gasteiger partial charge is 0.493 e. The Hall–Kier alpha value is -2.91. The number of hydrogen-bond acceptors (Lipinski definition) is 5. The molecule has 0 fully saturated rings. The SMILES string of the molecule is COc1cc(N2C(=O)c3nc(Br)n(C(C)C)c3C2c2ccc(Cl)cc2)cn2c(C)nnc12. The van der Waals surface area contributed by atoms with Gasteiger partial charge in [-0.25, -0.2) is 4.98 Å². The van der Waals surface area contributed by atoms with Crippen LogP contribution in [0.1, 0.15) is 53.5 Å². The molecule has 1 aliphatic heterocycles. The number of aromatic nitrogens is 5. The Bertz CT molecular complexity index is 1360. The lowest BCUT2D eigenvalue weighted by Gasteiger charge is -2.28. The van der Waals surface area contributed by atoms with Crippen LogP contribution in [-0.2, 0) is 0 Å². The monoisotopic (exact) mass is 514 g/mol. The molecule has 1 unspecified atom stereocenters. The summed E-state index contributed by atoms with van der Waals surface area (Å²) >= 11 is 9.69. The van der Waals surface area contributed by atoms with Crippen molar-refractivity contribution in [2.75, 3.05) is 12.0 Å². The summed E-state index contributed by atoms with van der Waals surface area (Å²) in [5, 5.41) is 8.97. The number of benzene rings is 1. The van der Waals surface area contributed by atoms with E-state index in [0.717, 1.165) is 11.3 Å². The number of nitrogens with zero attached hydrogens (tertiary/aromatic N) is 6. The number of halogens is 2. The topological polar surface area (TPSA) is 77.5 Å². The maximum absolute atomic E-state index is 13.7. The van der Waals surface area contributed by atoms with Crippen LogP contribution in [0.15, 0.2) is 41.3 Å². The number of fused-ring (bicyclic) bond motifs is 2. The second-order valence-electron chi connectivity index (χ2n) is 7.92. The van der Waals surface area contributed by atoms with Crippen LogP contribution >= 0.6 is 27.5 Å². The zero-order valence-corrected chi connectivity index (χ0v) is 20.2. The van der Waals surface area contributed by atoms with E-state index in [1.165, 1.54) is 0 Å². The van der Waals surface area contributed by atoms with Gasteiger partial charge in [-0.05, 0) is 54.4 Å². The van der Waals surface area contributed by atoms with Crippen molar-refractivity contribution < 1.29 is 9.53 Å². The molecule has 3 aromatic heterocycles. The molecule has 0 spiro atoms. The highest BCUT2D eigenvalue weighted by molar-refractivity contribution is 9.10. The third-order valence-corrected chi connectivity index (χ3v) is 6.48. The molecule has 0 bridgehead atoms. The van der Waals surface area contributed by atoms with Gasteiger partial charge < -0.3 is 9.30 Å². The number of carbonyl (C=O) groups excluding carboxylic acids is 1. The molecule has 0 radical (unpaired) electrons. The number of imidazole rings is 1. The summed E-state index contributed by atoms with van der Waals surface area (Å²) < 4.78 is 10.1. The zero-order chi connectivity index (χ0) is 22.7. The summed E-state index contributed by atoms with van der Waals surface area (Å²) in [4.78, 5) is 20.0. The molecule has 0 aliphatic carbocycles. The highest BCUT2D eigenvalue weighted by atomic mass is 79.9. The number of amides is 1. The molecule has 0 N–H and O–H groups in total. The quantitative estimate of drug-likeness (QED) is 0.383. The van der Waals surface area contributed by atoms with Crippen molar-refractivity contribution in [1.29, 1.82) is 0 Å². The van der Waals surface area contributed by atoms with Crippen molar-refractivity contribution in [3.63, 3.8) is 0 Å². The van der Waals surface area contributed by atoms with Crippen molar-refractivity contribution in [2.24, 2.45) is 0 Å². The van der Waals surface area contributed by atoms with Crippen LogP contribution in [0, 0.1) is 6.92 Å². The molecular formula is C22H20BrClN6O2. The van der Waals surface area contributed by atoms with E-state index >= 15 is 0 Å². The lowest BCUT2D eigenvalue weighted by atomic mass is 10.0. The molecule has 8 nitrogen and oxygen atoms in total. The van der Waals surface area contributed by atoms with Crippen molar-refractivity contribution in [3.8, 4) is 5.75 Å². The molecule has 1 aliphatic rings. The van der Waals surface area contributed by atoms with Crippen molar-refractivity contribution in [2.45, 2.75) is 32.9 Å². The number of carbonyl (C=O) groups is 1. The first-order valence-electron chi connectivity index (χ1n) is 10.1. The van der Waals surface area contributed by atoms with Gasteiger partial charge in [0, 0.05) is 23.3 Å². The summed E-state index contributed by atoms with van der Waals surface area (Å²) in [5.74, 6) is 1.04. The Labute approximate surface area is 197 Å². The molecule has 1 aromatic carbocycles. The van der Waals surface area contributed by atoms with E-state index in [4.69, 9.17) is 16.3 Å². The van der Waals surface area contributed by atoms with E-state index in [2.05, 4.69) is 45.0 Å². The lowest BCUT2D eigenvalue weighted by molar-refractivity contribution is 0.0989. The van der Waals surface area contributed by atoms with E-state index in [9.17, 15) is 4.79 Å². The zero-order valence-electron chi connectivity index (χ0n) is 17.9. The third kappa shape index (κ3) is 3.02. The van der Waals surface area contributed by atoms with Gasteiger partial charge in [-0.1, -0.05) is 23.7 Å². The molecule has 0 saturated heterocycles. The maximum Gasteiger partial charge on any atom is 0.279 e. The molecule has 0 saturated carbocycles. The highest BCUT2D eigenvalue weighted by Crippen LogP contribution is 2.44. The van der Waals surface area contributed by atoms with Gasteiger partial charge in [0.25, 0.3) is 5.91 Å². The third-order valence-electron chi connectivity index (χ3n) is 5.67. The molecule has 10 heteroatoms. The van der Waals surface area contributed by atoms with Crippen LogP contribution in [0.4, 0.5) is 5.69 Å². The predicted octanol–water partition coefficient (Wildman–Crippen LogP) is 4.99. The van der Waals surface area contributed by atoms with E-state index < -0.39 is 6.04 Å². The second-order valence-corrected chi connectivity index (χ2v) is 9.06. The van der Waals surface area contributed by atoms with Gasteiger partial charge in [0.2, 0.25) is 5.65 Å². The minimum atomic E-state index is -0.394. The van der Waals surface area contributed by atoms with Crippen molar-refractivity contribution in [1.82, 2.24) is 24.1 Å². The number of anilines is 1.